The van der Waals surface area contributed by atoms with Crippen molar-refractivity contribution in [3.63, 3.8) is 0 Å². The Morgan fingerprint density at radius 2 is 1.69 bits per heavy atom. The molecule has 156 valence electrons. The lowest BCUT2D eigenvalue weighted by atomic mass is 9.76. The van der Waals surface area contributed by atoms with Gasteiger partial charge in [0.1, 0.15) is 11.5 Å². The van der Waals surface area contributed by atoms with Gasteiger partial charge in [-0.3, -0.25) is 9.59 Å². The van der Waals surface area contributed by atoms with Gasteiger partial charge in [-0.1, -0.05) is 44.5 Å². The van der Waals surface area contributed by atoms with Gasteiger partial charge in [-0.2, -0.15) is 0 Å². The van der Waals surface area contributed by atoms with Gasteiger partial charge < -0.3 is 10.1 Å². The van der Waals surface area contributed by atoms with Crippen molar-refractivity contribution in [1.82, 2.24) is 5.32 Å². The lowest BCUT2D eigenvalue weighted by Crippen LogP contribution is -2.52. The van der Waals surface area contributed by atoms with Crippen LogP contribution in [0.1, 0.15) is 56.1 Å². The summed E-state index contributed by atoms with van der Waals surface area (Å²) >= 11 is 6.05. The second-order valence-corrected chi connectivity index (χ2v) is 9.31. The fraction of sp³-hybridized carbons (Fsp3) is 0.417. The fourth-order valence-electron chi connectivity index (χ4n) is 2.75. The number of rotatable bonds is 7. The Bertz CT molecular complexity index is 897. The number of benzene rings is 2. The van der Waals surface area contributed by atoms with Crippen LogP contribution in [0.4, 0.5) is 0 Å². The minimum atomic E-state index is -0.376. The smallest absolute Gasteiger partial charge is 0.251 e. The van der Waals surface area contributed by atoms with E-state index in [4.69, 9.17) is 16.3 Å². The lowest BCUT2D eigenvalue weighted by Gasteiger charge is -2.39. The molecule has 0 aliphatic heterocycles. The SMILES string of the molecule is COc1ccc(Cl)cc1CC(=O)Cc1cccc(C(=O)NC(C)(C)C(C)(C)C)c1. The molecule has 0 atom stereocenters. The van der Waals surface area contributed by atoms with E-state index in [0.29, 0.717) is 16.3 Å². The molecule has 5 heteroatoms. The molecule has 0 aliphatic rings. The molecule has 2 rings (SSSR count). The molecule has 0 heterocycles. The summed E-state index contributed by atoms with van der Waals surface area (Å²) in [6.45, 7) is 10.3. The number of hydrogen-bond acceptors (Lipinski definition) is 3. The van der Waals surface area contributed by atoms with Gasteiger partial charge in [0, 0.05) is 34.5 Å². The molecule has 2 aromatic rings. The van der Waals surface area contributed by atoms with Crippen molar-refractivity contribution in [1.29, 1.82) is 0 Å². The average Bonchev–Trinajstić information content (AvgIpc) is 2.60. The van der Waals surface area contributed by atoms with Crippen LogP contribution < -0.4 is 10.1 Å². The second kappa shape index (κ2) is 9.00. The summed E-state index contributed by atoms with van der Waals surface area (Å²) < 4.78 is 5.31. The number of halogens is 1. The summed E-state index contributed by atoms with van der Waals surface area (Å²) in [5.74, 6) is 0.522. The van der Waals surface area contributed by atoms with Gasteiger partial charge >= 0.3 is 0 Å². The summed E-state index contributed by atoms with van der Waals surface area (Å²) in [7, 11) is 1.57. The van der Waals surface area contributed by atoms with Crippen LogP contribution in [-0.4, -0.2) is 24.3 Å². The van der Waals surface area contributed by atoms with Gasteiger partial charge in [0.15, 0.2) is 0 Å². The third-order valence-electron chi connectivity index (χ3n) is 5.52. The van der Waals surface area contributed by atoms with Crippen molar-refractivity contribution in [3.05, 3.63) is 64.2 Å². The maximum absolute atomic E-state index is 12.7. The molecule has 2 aromatic carbocycles. The average molecular weight is 416 g/mol. The summed E-state index contributed by atoms with van der Waals surface area (Å²) in [5.41, 5.74) is 1.64. The largest absolute Gasteiger partial charge is 0.496 e. The molecule has 1 N–H and O–H groups in total. The first-order valence-corrected chi connectivity index (χ1v) is 10.1. The molecule has 0 spiro atoms. The van der Waals surface area contributed by atoms with E-state index in [1.165, 1.54) is 0 Å². The molecule has 0 bridgehead atoms. The van der Waals surface area contributed by atoms with Crippen LogP contribution in [0, 0.1) is 5.41 Å². The predicted octanol–water partition coefficient (Wildman–Crippen LogP) is 5.26. The van der Waals surface area contributed by atoms with E-state index < -0.39 is 0 Å². The van der Waals surface area contributed by atoms with E-state index in [1.807, 2.05) is 26.0 Å². The Kier molecular flexibility index (Phi) is 7.12. The van der Waals surface area contributed by atoms with Crippen LogP contribution in [0.5, 0.6) is 5.75 Å². The van der Waals surface area contributed by atoms with Crippen LogP contribution in [0.2, 0.25) is 5.02 Å². The van der Waals surface area contributed by atoms with Crippen LogP contribution >= 0.6 is 11.6 Å². The first-order chi connectivity index (χ1) is 13.4. The first-order valence-electron chi connectivity index (χ1n) is 9.68. The highest BCUT2D eigenvalue weighted by Crippen LogP contribution is 2.29. The molecule has 4 nitrogen and oxygen atoms in total. The fourth-order valence-corrected chi connectivity index (χ4v) is 2.95. The predicted molar refractivity (Wildman–Crippen MR) is 118 cm³/mol. The Hall–Kier alpha value is -2.33. The van der Waals surface area contributed by atoms with E-state index in [0.717, 1.165) is 11.1 Å². The molecule has 1 amide bonds. The van der Waals surface area contributed by atoms with Gasteiger partial charge in [-0.05, 0) is 55.2 Å². The quantitative estimate of drug-likeness (QED) is 0.671. The van der Waals surface area contributed by atoms with E-state index in [1.54, 1.807) is 37.4 Å². The summed E-state index contributed by atoms with van der Waals surface area (Å²) in [6.07, 6.45) is 0.455. The number of amides is 1. The molecule has 0 saturated heterocycles. The van der Waals surface area contributed by atoms with Crippen molar-refractivity contribution in [3.8, 4) is 5.75 Å². The van der Waals surface area contributed by atoms with E-state index >= 15 is 0 Å². The molecular weight excluding hydrogens is 386 g/mol. The van der Waals surface area contributed by atoms with Gasteiger partial charge in [0.25, 0.3) is 5.91 Å². The molecule has 0 radical (unpaired) electrons. The number of ether oxygens (including phenoxy) is 1. The monoisotopic (exact) mass is 415 g/mol. The third-order valence-corrected chi connectivity index (χ3v) is 5.76. The normalized spacial score (nSPS) is 11.8. The Labute approximate surface area is 178 Å². The highest BCUT2D eigenvalue weighted by Gasteiger charge is 2.34. The first kappa shape index (κ1) is 23.0. The van der Waals surface area contributed by atoms with Crippen LogP contribution in [0.3, 0.4) is 0 Å². The van der Waals surface area contributed by atoms with E-state index in [-0.39, 0.29) is 35.5 Å². The number of hydrogen-bond donors (Lipinski definition) is 1. The number of carbonyl (C=O) groups is 2. The van der Waals surface area contributed by atoms with Gasteiger partial charge in [-0.25, -0.2) is 0 Å². The molecule has 29 heavy (non-hydrogen) atoms. The zero-order chi connectivity index (χ0) is 21.8. The highest BCUT2D eigenvalue weighted by molar-refractivity contribution is 6.30. The number of Topliss-reactive ketones (excluding diaryl/α,β-unsaturated/α-hetero) is 1. The summed E-state index contributed by atoms with van der Waals surface area (Å²) in [4.78, 5) is 25.3. The summed E-state index contributed by atoms with van der Waals surface area (Å²) in [5, 5.41) is 3.66. The molecule has 0 aliphatic carbocycles. The Balaban J connectivity index is 2.11. The molecule has 0 saturated carbocycles. The zero-order valence-corrected chi connectivity index (χ0v) is 18.8. The molecular formula is C24H30ClNO3. The number of ketones is 1. The Morgan fingerprint density at radius 3 is 2.31 bits per heavy atom. The Morgan fingerprint density at radius 1 is 1.00 bits per heavy atom. The van der Waals surface area contributed by atoms with Gasteiger partial charge in [0.05, 0.1) is 7.11 Å². The third kappa shape index (κ3) is 6.07. The van der Waals surface area contributed by atoms with Crippen molar-refractivity contribution < 1.29 is 14.3 Å². The zero-order valence-electron chi connectivity index (χ0n) is 18.1. The topological polar surface area (TPSA) is 55.4 Å². The minimum Gasteiger partial charge on any atom is -0.496 e. The van der Waals surface area contributed by atoms with Crippen molar-refractivity contribution in [2.24, 2.45) is 5.41 Å². The molecule has 0 unspecified atom stereocenters. The minimum absolute atomic E-state index is 0.0261. The van der Waals surface area contributed by atoms with Crippen molar-refractivity contribution >= 4 is 23.3 Å². The van der Waals surface area contributed by atoms with Crippen molar-refractivity contribution in [2.75, 3.05) is 7.11 Å². The maximum atomic E-state index is 12.7. The highest BCUT2D eigenvalue weighted by atomic mass is 35.5. The van der Waals surface area contributed by atoms with Crippen LogP contribution in [-0.2, 0) is 17.6 Å². The van der Waals surface area contributed by atoms with Crippen LogP contribution in [0.25, 0.3) is 0 Å². The van der Waals surface area contributed by atoms with Crippen molar-refractivity contribution in [2.45, 2.75) is 53.0 Å². The van der Waals surface area contributed by atoms with Gasteiger partial charge in [-0.15, -0.1) is 0 Å². The van der Waals surface area contributed by atoms with E-state index in [2.05, 4.69) is 26.1 Å². The number of methoxy groups -OCH3 is 1. The van der Waals surface area contributed by atoms with E-state index in [9.17, 15) is 9.59 Å². The molecule has 0 aromatic heterocycles. The number of carbonyl (C=O) groups excluding carboxylic acids is 2. The van der Waals surface area contributed by atoms with Crippen LogP contribution in [0.15, 0.2) is 42.5 Å². The number of nitrogens with one attached hydrogen (secondary N) is 1. The lowest BCUT2D eigenvalue weighted by molar-refractivity contribution is -0.117. The second-order valence-electron chi connectivity index (χ2n) is 8.88. The molecule has 0 fully saturated rings. The van der Waals surface area contributed by atoms with Gasteiger partial charge in [0.2, 0.25) is 0 Å². The standard InChI is InChI=1S/C24H30ClNO3/c1-23(2,3)24(4,5)26-22(28)17-9-7-8-16(12-17)13-20(27)15-18-14-19(25)10-11-21(18)29-6/h7-12,14H,13,15H2,1-6H3,(H,26,28). The maximum Gasteiger partial charge on any atom is 0.251 e. The summed E-state index contributed by atoms with van der Waals surface area (Å²) in [6, 6.07) is 12.4.